The third kappa shape index (κ3) is 4.17. The lowest BCUT2D eigenvalue weighted by Crippen LogP contribution is -2.31. The number of halogens is 1. The normalized spacial score (nSPS) is 17.8. The summed E-state index contributed by atoms with van der Waals surface area (Å²) in [4.78, 5) is 4.36. The SMILES string of the molecule is CC(O)(CNc1ccc(S(=O)(=O)N2CCCC2)cn1)c1cccc(Cl)c1. The van der Waals surface area contributed by atoms with E-state index in [1.54, 1.807) is 37.3 Å². The lowest BCUT2D eigenvalue weighted by atomic mass is 9.96. The zero-order chi connectivity index (χ0) is 18.8. The molecule has 6 nitrogen and oxygen atoms in total. The molecule has 140 valence electrons. The fourth-order valence-electron chi connectivity index (χ4n) is 2.90. The van der Waals surface area contributed by atoms with Crippen LogP contribution in [-0.4, -0.2) is 42.4 Å². The smallest absolute Gasteiger partial charge is 0.244 e. The van der Waals surface area contributed by atoms with Crippen molar-refractivity contribution in [2.75, 3.05) is 25.0 Å². The fraction of sp³-hybridized carbons (Fsp3) is 0.389. The van der Waals surface area contributed by atoms with Gasteiger partial charge in [-0.3, -0.25) is 0 Å². The molecule has 1 aromatic carbocycles. The number of aromatic nitrogens is 1. The van der Waals surface area contributed by atoms with Crippen molar-refractivity contribution >= 4 is 27.4 Å². The molecule has 2 aromatic rings. The van der Waals surface area contributed by atoms with Gasteiger partial charge in [0.2, 0.25) is 10.0 Å². The van der Waals surface area contributed by atoms with Crippen LogP contribution in [0.15, 0.2) is 47.5 Å². The van der Waals surface area contributed by atoms with Crippen molar-refractivity contribution in [3.05, 3.63) is 53.2 Å². The molecule has 3 rings (SSSR count). The molecular weight excluding hydrogens is 374 g/mol. The van der Waals surface area contributed by atoms with Crippen molar-refractivity contribution < 1.29 is 13.5 Å². The monoisotopic (exact) mass is 395 g/mol. The molecule has 1 atom stereocenters. The first-order chi connectivity index (χ1) is 12.3. The second-order valence-corrected chi connectivity index (χ2v) is 9.00. The standard InChI is InChI=1S/C18H22ClN3O3S/c1-18(23,14-5-4-6-15(19)11-14)13-21-17-8-7-16(12-20-17)26(24,25)22-9-2-3-10-22/h4-8,11-12,23H,2-3,9-10,13H2,1H3,(H,20,21). The minimum absolute atomic E-state index is 0.187. The first-order valence-electron chi connectivity index (χ1n) is 8.47. The summed E-state index contributed by atoms with van der Waals surface area (Å²) in [5, 5.41) is 14.2. The molecule has 2 N–H and O–H groups in total. The van der Waals surface area contributed by atoms with Gasteiger partial charge in [-0.2, -0.15) is 4.31 Å². The summed E-state index contributed by atoms with van der Waals surface area (Å²) in [5.74, 6) is 0.493. The first kappa shape index (κ1) is 19.1. The van der Waals surface area contributed by atoms with Gasteiger partial charge in [-0.25, -0.2) is 13.4 Å². The van der Waals surface area contributed by atoms with E-state index in [-0.39, 0.29) is 11.4 Å². The van der Waals surface area contributed by atoms with Crippen LogP contribution < -0.4 is 5.32 Å². The Morgan fingerprint density at radius 3 is 2.62 bits per heavy atom. The summed E-state index contributed by atoms with van der Waals surface area (Å²) in [6.45, 7) is 3.01. The predicted octanol–water partition coefficient (Wildman–Crippen LogP) is 2.84. The van der Waals surface area contributed by atoms with Crippen LogP contribution in [0.3, 0.4) is 0 Å². The number of sulfonamides is 1. The second-order valence-electron chi connectivity index (χ2n) is 6.63. The van der Waals surface area contributed by atoms with E-state index in [0.717, 1.165) is 12.8 Å². The maximum Gasteiger partial charge on any atom is 0.244 e. The molecule has 1 aromatic heterocycles. The van der Waals surface area contributed by atoms with E-state index in [4.69, 9.17) is 11.6 Å². The highest BCUT2D eigenvalue weighted by Crippen LogP contribution is 2.25. The highest BCUT2D eigenvalue weighted by Gasteiger charge is 2.27. The second kappa shape index (κ2) is 7.52. The van der Waals surface area contributed by atoms with Crippen molar-refractivity contribution in [3.8, 4) is 0 Å². The van der Waals surface area contributed by atoms with Gasteiger partial charge in [0, 0.05) is 30.9 Å². The quantitative estimate of drug-likeness (QED) is 0.785. The van der Waals surface area contributed by atoms with Crippen molar-refractivity contribution in [1.82, 2.24) is 9.29 Å². The van der Waals surface area contributed by atoms with Gasteiger partial charge in [0.15, 0.2) is 0 Å². The number of hydrogen-bond acceptors (Lipinski definition) is 5. The van der Waals surface area contributed by atoms with Gasteiger partial charge in [0.25, 0.3) is 0 Å². The summed E-state index contributed by atoms with van der Waals surface area (Å²) in [6, 6.07) is 10.2. The Bertz CT molecular complexity index is 864. The van der Waals surface area contributed by atoms with Crippen LogP contribution >= 0.6 is 11.6 Å². The highest BCUT2D eigenvalue weighted by molar-refractivity contribution is 7.89. The van der Waals surface area contributed by atoms with Gasteiger partial charge in [0.05, 0.1) is 0 Å². The topological polar surface area (TPSA) is 82.5 Å². The van der Waals surface area contributed by atoms with E-state index >= 15 is 0 Å². The summed E-state index contributed by atoms with van der Waals surface area (Å²) >= 11 is 5.98. The number of pyridine rings is 1. The Morgan fingerprint density at radius 1 is 1.27 bits per heavy atom. The summed E-state index contributed by atoms with van der Waals surface area (Å²) in [6.07, 6.45) is 3.14. The molecular formula is C18H22ClN3O3S. The van der Waals surface area contributed by atoms with Crippen molar-refractivity contribution in [2.24, 2.45) is 0 Å². The molecule has 0 bridgehead atoms. The van der Waals surface area contributed by atoms with Crippen LogP contribution in [0, 0.1) is 0 Å². The average molecular weight is 396 g/mol. The fourth-order valence-corrected chi connectivity index (χ4v) is 4.56. The van der Waals surface area contributed by atoms with Crippen LogP contribution in [-0.2, 0) is 15.6 Å². The van der Waals surface area contributed by atoms with Gasteiger partial charge >= 0.3 is 0 Å². The number of nitrogens with one attached hydrogen (secondary N) is 1. The van der Waals surface area contributed by atoms with Gasteiger partial charge in [-0.05, 0) is 49.6 Å². The van der Waals surface area contributed by atoms with E-state index in [0.29, 0.717) is 29.5 Å². The molecule has 1 fully saturated rings. The Balaban J connectivity index is 1.68. The molecule has 1 aliphatic heterocycles. The Hall–Kier alpha value is -1.67. The zero-order valence-corrected chi connectivity index (χ0v) is 16.1. The number of anilines is 1. The number of nitrogens with zero attached hydrogens (tertiary/aromatic N) is 2. The average Bonchev–Trinajstić information content (AvgIpc) is 3.16. The van der Waals surface area contributed by atoms with E-state index in [2.05, 4.69) is 10.3 Å². The molecule has 1 aliphatic rings. The van der Waals surface area contributed by atoms with E-state index < -0.39 is 15.6 Å². The molecule has 8 heteroatoms. The minimum atomic E-state index is -3.47. The summed E-state index contributed by atoms with van der Waals surface area (Å²) in [7, 11) is -3.47. The maximum absolute atomic E-state index is 12.5. The highest BCUT2D eigenvalue weighted by atomic mass is 35.5. The maximum atomic E-state index is 12.5. The Kier molecular flexibility index (Phi) is 5.53. The van der Waals surface area contributed by atoms with Crippen molar-refractivity contribution in [2.45, 2.75) is 30.3 Å². The van der Waals surface area contributed by atoms with Gasteiger partial charge in [-0.15, -0.1) is 0 Å². The Morgan fingerprint density at radius 2 is 2.00 bits per heavy atom. The van der Waals surface area contributed by atoms with Crippen molar-refractivity contribution in [1.29, 1.82) is 0 Å². The van der Waals surface area contributed by atoms with Crippen LogP contribution in [0.5, 0.6) is 0 Å². The minimum Gasteiger partial charge on any atom is -0.384 e. The molecule has 0 spiro atoms. The predicted molar refractivity (Wildman–Crippen MR) is 102 cm³/mol. The van der Waals surface area contributed by atoms with Crippen LogP contribution in [0.1, 0.15) is 25.3 Å². The lowest BCUT2D eigenvalue weighted by Gasteiger charge is -2.24. The number of benzene rings is 1. The zero-order valence-electron chi connectivity index (χ0n) is 14.5. The van der Waals surface area contributed by atoms with Gasteiger partial charge in [-0.1, -0.05) is 23.7 Å². The molecule has 26 heavy (non-hydrogen) atoms. The molecule has 0 radical (unpaired) electrons. The Labute approximate surface area is 158 Å². The van der Waals surface area contributed by atoms with E-state index in [1.807, 2.05) is 0 Å². The van der Waals surface area contributed by atoms with Crippen LogP contribution in [0.2, 0.25) is 5.02 Å². The van der Waals surface area contributed by atoms with Crippen molar-refractivity contribution in [3.63, 3.8) is 0 Å². The van der Waals surface area contributed by atoms with Crippen LogP contribution in [0.4, 0.5) is 5.82 Å². The third-order valence-electron chi connectivity index (χ3n) is 4.50. The molecule has 1 unspecified atom stereocenters. The molecule has 0 amide bonds. The first-order valence-corrected chi connectivity index (χ1v) is 10.3. The third-order valence-corrected chi connectivity index (χ3v) is 6.62. The van der Waals surface area contributed by atoms with Crippen LogP contribution in [0.25, 0.3) is 0 Å². The molecule has 1 saturated heterocycles. The van der Waals surface area contributed by atoms with E-state index in [9.17, 15) is 13.5 Å². The van der Waals surface area contributed by atoms with E-state index in [1.165, 1.54) is 16.6 Å². The molecule has 0 aliphatic carbocycles. The number of aliphatic hydroxyl groups is 1. The molecule has 2 heterocycles. The van der Waals surface area contributed by atoms with Gasteiger partial charge in [0.1, 0.15) is 16.3 Å². The van der Waals surface area contributed by atoms with Gasteiger partial charge < -0.3 is 10.4 Å². The molecule has 0 saturated carbocycles. The number of hydrogen-bond donors (Lipinski definition) is 2. The number of rotatable bonds is 6. The lowest BCUT2D eigenvalue weighted by molar-refractivity contribution is 0.0714. The summed E-state index contributed by atoms with van der Waals surface area (Å²) < 4.78 is 26.5. The summed E-state index contributed by atoms with van der Waals surface area (Å²) in [5.41, 5.74) is -0.460. The largest absolute Gasteiger partial charge is 0.384 e.